The highest BCUT2D eigenvalue weighted by atomic mass is 32.1. The molecule has 4 aromatic rings. The van der Waals surface area contributed by atoms with Gasteiger partial charge in [0.05, 0.1) is 36.4 Å². The Kier molecular flexibility index (Phi) is 10.5. The van der Waals surface area contributed by atoms with Crippen molar-refractivity contribution in [1.29, 1.82) is 0 Å². The van der Waals surface area contributed by atoms with Crippen LogP contribution in [0.4, 0.5) is 10.3 Å². The first kappa shape index (κ1) is 35.3. The van der Waals surface area contributed by atoms with Crippen LogP contribution in [0.15, 0.2) is 47.2 Å². The Labute approximate surface area is 307 Å². The standard InChI is InChI=1S/C39H46N4O6S2/c1-5-47-36(45)26-13-14-43(24(4)16-26)39-41-32(22-51-39)30-15-23(3)7-12-34(30)49-20-25-8-11-33(44)29(17-25)31-21-50-38(40-31)42-18-27-9-10-28(19-42)35(27)37(46)48-6-2/h7-8,11-12,15,17,21-22,24,26-28,35,44H,5-6,9-10,13-14,16,18-20H2,1-4H3. The summed E-state index contributed by atoms with van der Waals surface area (Å²) >= 11 is 3.18. The number of rotatable bonds is 11. The SMILES string of the molecule is CCOC(=O)C1CCN(c2nc(-c3cc(C)ccc3OCc3ccc(O)c(-c4csc(N5CC6CCC(C5)C6C(=O)OCC)n4)c3)cs2)C(C)C1. The molecule has 2 aromatic heterocycles. The second-order valence-corrected chi connectivity index (χ2v) is 15.6. The highest BCUT2D eigenvalue weighted by Crippen LogP contribution is 2.45. The maximum absolute atomic E-state index is 12.6. The van der Waals surface area contributed by atoms with Crippen LogP contribution in [0.25, 0.3) is 22.5 Å². The quantitative estimate of drug-likeness (QED) is 0.154. The number of carbonyl (C=O) groups excluding carboxylic acids is 2. The van der Waals surface area contributed by atoms with Crippen molar-refractivity contribution in [3.63, 3.8) is 0 Å². The van der Waals surface area contributed by atoms with Gasteiger partial charge in [-0.25, -0.2) is 9.97 Å². The molecule has 4 unspecified atom stereocenters. The zero-order chi connectivity index (χ0) is 35.6. The van der Waals surface area contributed by atoms with Crippen LogP contribution in [0.1, 0.15) is 57.6 Å². The third-order valence-electron chi connectivity index (χ3n) is 10.5. The number of nitrogens with zero attached hydrogens (tertiary/aromatic N) is 4. The molecule has 0 amide bonds. The Morgan fingerprint density at radius 1 is 0.882 bits per heavy atom. The van der Waals surface area contributed by atoms with Gasteiger partial charge in [0.1, 0.15) is 18.1 Å². The molecule has 4 heterocycles. The molecular formula is C39H46N4O6S2. The Morgan fingerprint density at radius 2 is 1.57 bits per heavy atom. The summed E-state index contributed by atoms with van der Waals surface area (Å²) in [7, 11) is 0. The summed E-state index contributed by atoms with van der Waals surface area (Å²) < 4.78 is 17.1. The number of phenolic OH excluding ortho intramolecular Hbond substituents is 1. The minimum atomic E-state index is -0.0989. The van der Waals surface area contributed by atoms with Crippen LogP contribution in [0.3, 0.4) is 0 Å². The zero-order valence-corrected chi connectivity index (χ0v) is 31.3. The lowest BCUT2D eigenvalue weighted by Gasteiger charge is -2.36. The normalized spacial score (nSPS) is 22.9. The fourth-order valence-electron chi connectivity index (χ4n) is 7.99. The topological polar surface area (TPSA) is 114 Å². The minimum Gasteiger partial charge on any atom is -0.507 e. The average molecular weight is 731 g/mol. The van der Waals surface area contributed by atoms with E-state index in [9.17, 15) is 14.7 Å². The summed E-state index contributed by atoms with van der Waals surface area (Å²) in [4.78, 5) is 39.5. The molecule has 0 spiro atoms. The van der Waals surface area contributed by atoms with Crippen molar-refractivity contribution in [2.75, 3.05) is 42.6 Å². The van der Waals surface area contributed by atoms with Crippen LogP contribution in [0.5, 0.6) is 11.5 Å². The number of hydrogen-bond acceptors (Lipinski definition) is 12. The van der Waals surface area contributed by atoms with E-state index in [0.29, 0.717) is 25.4 Å². The van der Waals surface area contributed by atoms with Gasteiger partial charge in [0, 0.05) is 47.6 Å². The molecular weight excluding hydrogens is 685 g/mol. The number of ether oxygens (including phenoxy) is 3. The van der Waals surface area contributed by atoms with Crippen molar-refractivity contribution in [1.82, 2.24) is 9.97 Å². The molecule has 7 rings (SSSR count). The van der Waals surface area contributed by atoms with Crippen molar-refractivity contribution in [3.05, 3.63) is 58.3 Å². The first-order valence-electron chi connectivity index (χ1n) is 18.0. The van der Waals surface area contributed by atoms with Crippen molar-refractivity contribution in [2.45, 2.75) is 66.0 Å². The van der Waals surface area contributed by atoms with Gasteiger partial charge in [-0.05, 0) is 95.0 Å². The second-order valence-electron chi connectivity index (χ2n) is 14.0. The van der Waals surface area contributed by atoms with Gasteiger partial charge in [-0.3, -0.25) is 9.59 Å². The number of anilines is 2. The van der Waals surface area contributed by atoms with E-state index in [2.05, 4.69) is 35.1 Å². The Morgan fingerprint density at radius 3 is 2.29 bits per heavy atom. The number of thiazole rings is 2. The third kappa shape index (κ3) is 7.44. The molecule has 0 radical (unpaired) electrons. The molecule has 12 heteroatoms. The molecule has 1 saturated carbocycles. The lowest BCUT2D eigenvalue weighted by molar-refractivity contribution is -0.151. The van der Waals surface area contributed by atoms with Gasteiger partial charge in [-0.15, -0.1) is 22.7 Å². The highest BCUT2D eigenvalue weighted by molar-refractivity contribution is 7.14. The van der Waals surface area contributed by atoms with Crippen molar-refractivity contribution >= 4 is 44.9 Å². The molecule has 2 bridgehead atoms. The summed E-state index contributed by atoms with van der Waals surface area (Å²) in [5, 5.41) is 16.8. The van der Waals surface area contributed by atoms with E-state index in [4.69, 9.17) is 24.2 Å². The molecule has 51 heavy (non-hydrogen) atoms. The van der Waals surface area contributed by atoms with E-state index >= 15 is 0 Å². The second kappa shape index (κ2) is 15.2. The molecule has 3 fully saturated rings. The summed E-state index contributed by atoms with van der Waals surface area (Å²) in [6.07, 6.45) is 3.58. The monoisotopic (exact) mass is 730 g/mol. The van der Waals surface area contributed by atoms with Gasteiger partial charge in [0.2, 0.25) is 0 Å². The Hall–Kier alpha value is -4.16. The predicted octanol–water partition coefficient (Wildman–Crippen LogP) is 7.72. The van der Waals surface area contributed by atoms with Crippen LogP contribution in [-0.4, -0.2) is 65.9 Å². The maximum Gasteiger partial charge on any atom is 0.309 e. The van der Waals surface area contributed by atoms with Gasteiger partial charge < -0.3 is 29.1 Å². The predicted molar refractivity (Wildman–Crippen MR) is 201 cm³/mol. The van der Waals surface area contributed by atoms with Crippen molar-refractivity contribution < 1.29 is 28.9 Å². The van der Waals surface area contributed by atoms with Crippen molar-refractivity contribution in [3.8, 4) is 34.0 Å². The van der Waals surface area contributed by atoms with Gasteiger partial charge in [0.15, 0.2) is 10.3 Å². The molecule has 1 N–H and O–H groups in total. The van der Waals surface area contributed by atoms with Gasteiger partial charge in [-0.1, -0.05) is 17.7 Å². The summed E-state index contributed by atoms with van der Waals surface area (Å²) in [5.41, 5.74) is 5.19. The fourth-order valence-corrected chi connectivity index (χ4v) is 9.80. The van der Waals surface area contributed by atoms with Gasteiger partial charge >= 0.3 is 11.9 Å². The molecule has 270 valence electrons. The lowest BCUT2D eigenvalue weighted by atomic mass is 9.85. The van der Waals surface area contributed by atoms with E-state index in [1.165, 1.54) is 0 Å². The molecule has 10 nitrogen and oxygen atoms in total. The van der Waals surface area contributed by atoms with E-state index in [1.807, 2.05) is 43.5 Å². The first-order valence-corrected chi connectivity index (χ1v) is 19.8. The number of aromatic nitrogens is 2. The number of benzene rings is 2. The molecule has 1 aliphatic carbocycles. The van der Waals surface area contributed by atoms with E-state index in [1.54, 1.807) is 28.7 Å². The summed E-state index contributed by atoms with van der Waals surface area (Å²) in [5.74, 6) is 1.23. The average Bonchev–Trinajstić information content (AvgIpc) is 3.87. The van der Waals surface area contributed by atoms with Crippen LogP contribution in [0.2, 0.25) is 0 Å². The Balaban J connectivity index is 1.03. The summed E-state index contributed by atoms with van der Waals surface area (Å²) in [6.45, 7) is 11.4. The van der Waals surface area contributed by atoms with Crippen LogP contribution in [0, 0.1) is 30.6 Å². The van der Waals surface area contributed by atoms with E-state index in [-0.39, 0.29) is 47.4 Å². The number of carbonyl (C=O) groups is 2. The maximum atomic E-state index is 12.6. The molecule has 3 aliphatic rings. The molecule has 2 aliphatic heterocycles. The third-order valence-corrected chi connectivity index (χ3v) is 12.3. The Bertz CT molecular complexity index is 1860. The zero-order valence-electron chi connectivity index (χ0n) is 29.7. The number of aromatic hydroxyl groups is 1. The molecule has 4 atom stereocenters. The molecule has 2 saturated heterocycles. The number of hydrogen-bond donors (Lipinski definition) is 1. The largest absolute Gasteiger partial charge is 0.507 e. The van der Waals surface area contributed by atoms with Crippen LogP contribution >= 0.6 is 22.7 Å². The van der Waals surface area contributed by atoms with Crippen LogP contribution < -0.4 is 14.5 Å². The number of phenols is 1. The van der Waals surface area contributed by atoms with E-state index in [0.717, 1.165) is 89.4 Å². The highest BCUT2D eigenvalue weighted by Gasteiger charge is 2.47. The number of fused-ring (bicyclic) bond motifs is 2. The van der Waals surface area contributed by atoms with Crippen molar-refractivity contribution in [2.24, 2.45) is 23.7 Å². The number of aryl methyl sites for hydroxylation is 1. The number of esters is 2. The fraction of sp³-hybridized carbons (Fsp3) is 0.487. The minimum absolute atomic E-state index is 0.0152. The first-order chi connectivity index (χ1) is 24.7. The van der Waals surface area contributed by atoms with Gasteiger partial charge in [0.25, 0.3) is 0 Å². The summed E-state index contributed by atoms with van der Waals surface area (Å²) in [6, 6.07) is 11.8. The number of piperidine rings is 2. The van der Waals surface area contributed by atoms with Gasteiger partial charge in [-0.2, -0.15) is 0 Å². The lowest BCUT2D eigenvalue weighted by Crippen LogP contribution is -2.45. The van der Waals surface area contributed by atoms with Crippen LogP contribution in [-0.2, 0) is 25.7 Å². The molecule has 2 aromatic carbocycles. The smallest absolute Gasteiger partial charge is 0.309 e. The van der Waals surface area contributed by atoms with E-state index < -0.39 is 0 Å².